The number of hydrogen-bond acceptors (Lipinski definition) is 7. The molecule has 0 unspecified atom stereocenters. The van der Waals surface area contributed by atoms with Crippen molar-refractivity contribution in [1.82, 2.24) is 14.9 Å². The van der Waals surface area contributed by atoms with Gasteiger partial charge in [0.1, 0.15) is 23.2 Å². The highest BCUT2D eigenvalue weighted by Crippen LogP contribution is 2.41. The summed E-state index contributed by atoms with van der Waals surface area (Å²) in [5.41, 5.74) is 2.69. The van der Waals surface area contributed by atoms with Crippen LogP contribution in [-0.2, 0) is 22.5 Å². The summed E-state index contributed by atoms with van der Waals surface area (Å²) < 4.78 is 5.19. The molecule has 0 bridgehead atoms. The van der Waals surface area contributed by atoms with Crippen LogP contribution in [0.4, 0.5) is 10.8 Å². The second-order valence-corrected chi connectivity index (χ2v) is 8.55. The van der Waals surface area contributed by atoms with Gasteiger partial charge in [0.2, 0.25) is 5.91 Å². The summed E-state index contributed by atoms with van der Waals surface area (Å²) >= 11 is 1.54. The van der Waals surface area contributed by atoms with Crippen LogP contribution in [0.2, 0.25) is 0 Å². The zero-order valence-corrected chi connectivity index (χ0v) is 18.0. The lowest BCUT2D eigenvalue weighted by atomic mass is 10.0. The lowest BCUT2D eigenvalue weighted by Gasteiger charge is -2.28. The first-order valence-electron chi connectivity index (χ1n) is 9.65. The minimum absolute atomic E-state index is 0.0749. The van der Waals surface area contributed by atoms with Gasteiger partial charge in [-0.1, -0.05) is 0 Å². The first-order valence-corrected chi connectivity index (χ1v) is 10.5. The van der Waals surface area contributed by atoms with Crippen LogP contribution < -0.4 is 9.80 Å². The molecule has 2 aromatic rings. The van der Waals surface area contributed by atoms with Crippen molar-refractivity contribution in [3.63, 3.8) is 0 Å². The molecule has 2 amide bonds. The van der Waals surface area contributed by atoms with E-state index in [0.29, 0.717) is 25.3 Å². The highest BCUT2D eigenvalue weighted by Gasteiger charge is 2.36. The van der Waals surface area contributed by atoms with E-state index < -0.39 is 0 Å². The average Bonchev–Trinajstić information content (AvgIpc) is 3.01. The normalized spacial score (nSPS) is 16.8. The molecule has 8 nitrogen and oxygen atoms in total. The van der Waals surface area contributed by atoms with E-state index in [1.165, 1.54) is 4.90 Å². The number of anilines is 2. The van der Waals surface area contributed by atoms with Crippen LogP contribution in [0, 0.1) is 13.8 Å². The second kappa shape index (κ2) is 7.72. The van der Waals surface area contributed by atoms with Gasteiger partial charge in [0.25, 0.3) is 5.91 Å². The Kier molecular flexibility index (Phi) is 5.26. The number of thiophene rings is 1. The van der Waals surface area contributed by atoms with E-state index in [2.05, 4.69) is 14.9 Å². The van der Waals surface area contributed by atoms with Crippen molar-refractivity contribution < 1.29 is 14.3 Å². The highest BCUT2D eigenvalue weighted by molar-refractivity contribution is 7.17. The Bertz CT molecular complexity index is 953. The molecule has 2 aromatic heterocycles. The Morgan fingerprint density at radius 1 is 1.21 bits per heavy atom. The molecule has 2 aliphatic rings. The van der Waals surface area contributed by atoms with Gasteiger partial charge < -0.3 is 14.5 Å². The monoisotopic (exact) mass is 415 g/mol. The number of fused-ring (bicyclic) bond motifs is 3. The van der Waals surface area contributed by atoms with Gasteiger partial charge in [-0.15, -0.1) is 11.3 Å². The number of amides is 2. The number of nitrogens with zero attached hydrogens (tertiary/aromatic N) is 5. The average molecular weight is 416 g/mol. The van der Waals surface area contributed by atoms with E-state index in [4.69, 9.17) is 4.74 Å². The van der Waals surface area contributed by atoms with E-state index in [0.717, 1.165) is 45.7 Å². The molecule has 0 atom stereocenters. The zero-order valence-electron chi connectivity index (χ0n) is 17.2. The SMILES string of the molecule is COCCN1C(=O)CN(C)C(=O)c2c1sc1c2CCN(c2cc(C)nc(C)n2)C1. The summed E-state index contributed by atoms with van der Waals surface area (Å²) in [6.45, 7) is 6.27. The predicted molar refractivity (Wildman–Crippen MR) is 112 cm³/mol. The van der Waals surface area contributed by atoms with Crippen LogP contribution in [0.3, 0.4) is 0 Å². The number of methoxy groups -OCH3 is 1. The standard InChI is InChI=1S/C20H25N5O3S/c1-12-9-16(22-13(2)21-12)24-6-5-14-15(10-24)29-20-18(14)19(27)23(3)11-17(26)25(20)7-8-28-4/h9H,5-8,10-11H2,1-4H3. The van der Waals surface area contributed by atoms with Crippen molar-refractivity contribution in [2.75, 3.05) is 50.2 Å². The van der Waals surface area contributed by atoms with Gasteiger partial charge in [0.15, 0.2) is 0 Å². The Balaban J connectivity index is 1.73. The summed E-state index contributed by atoms with van der Waals surface area (Å²) in [5.74, 6) is 1.50. The quantitative estimate of drug-likeness (QED) is 0.758. The van der Waals surface area contributed by atoms with Gasteiger partial charge in [-0.2, -0.15) is 0 Å². The Hall–Kier alpha value is -2.52. The molecule has 0 saturated carbocycles. The summed E-state index contributed by atoms with van der Waals surface area (Å²) in [5, 5.41) is 0.753. The van der Waals surface area contributed by atoms with Crippen molar-refractivity contribution in [3.05, 3.63) is 33.6 Å². The van der Waals surface area contributed by atoms with Crippen LogP contribution in [0.15, 0.2) is 6.07 Å². The summed E-state index contributed by atoms with van der Waals surface area (Å²) in [4.78, 5) is 41.3. The summed E-state index contributed by atoms with van der Waals surface area (Å²) in [6.07, 6.45) is 0.745. The van der Waals surface area contributed by atoms with Crippen LogP contribution in [-0.4, -0.2) is 67.1 Å². The number of ether oxygens (including phenoxy) is 1. The summed E-state index contributed by atoms with van der Waals surface area (Å²) in [7, 11) is 3.30. The van der Waals surface area contributed by atoms with Gasteiger partial charge in [0.05, 0.1) is 25.3 Å². The molecule has 4 rings (SSSR count). The van der Waals surface area contributed by atoms with E-state index in [-0.39, 0.29) is 18.4 Å². The third-order valence-corrected chi connectivity index (χ3v) is 6.55. The van der Waals surface area contributed by atoms with Gasteiger partial charge in [-0.25, -0.2) is 9.97 Å². The molecule has 0 N–H and O–H groups in total. The van der Waals surface area contributed by atoms with E-state index in [9.17, 15) is 9.59 Å². The van der Waals surface area contributed by atoms with Gasteiger partial charge in [0, 0.05) is 37.3 Å². The van der Waals surface area contributed by atoms with E-state index in [1.807, 2.05) is 19.9 Å². The topological polar surface area (TPSA) is 78.9 Å². The maximum Gasteiger partial charge on any atom is 0.257 e. The molecular weight excluding hydrogens is 390 g/mol. The first kappa shape index (κ1) is 19.8. The van der Waals surface area contributed by atoms with Crippen molar-refractivity contribution >= 4 is 34.0 Å². The van der Waals surface area contributed by atoms with Crippen LogP contribution in [0.5, 0.6) is 0 Å². The molecule has 0 aliphatic carbocycles. The fourth-order valence-corrected chi connectivity index (χ4v) is 5.32. The van der Waals surface area contributed by atoms with Gasteiger partial charge in [-0.05, 0) is 25.8 Å². The zero-order chi connectivity index (χ0) is 20.7. The Morgan fingerprint density at radius 3 is 2.72 bits per heavy atom. The predicted octanol–water partition coefficient (Wildman–Crippen LogP) is 1.78. The number of aryl methyl sites for hydroxylation is 2. The van der Waals surface area contributed by atoms with Crippen LogP contribution in [0.1, 0.15) is 32.3 Å². The van der Waals surface area contributed by atoms with E-state index >= 15 is 0 Å². The fourth-order valence-electron chi connectivity index (χ4n) is 3.93. The molecule has 2 aliphatic heterocycles. The molecule has 154 valence electrons. The minimum atomic E-state index is -0.0760. The Morgan fingerprint density at radius 2 is 2.00 bits per heavy atom. The number of rotatable bonds is 4. The number of carbonyl (C=O) groups is 2. The first-order chi connectivity index (χ1) is 13.9. The number of aromatic nitrogens is 2. The third kappa shape index (κ3) is 3.60. The molecule has 0 aromatic carbocycles. The molecule has 0 fully saturated rings. The summed E-state index contributed by atoms with van der Waals surface area (Å²) in [6, 6.07) is 1.99. The van der Waals surface area contributed by atoms with Crippen molar-refractivity contribution in [2.45, 2.75) is 26.8 Å². The van der Waals surface area contributed by atoms with Crippen molar-refractivity contribution in [1.29, 1.82) is 0 Å². The lowest BCUT2D eigenvalue weighted by Crippen LogP contribution is -2.39. The second-order valence-electron chi connectivity index (χ2n) is 7.47. The number of carbonyl (C=O) groups excluding carboxylic acids is 2. The third-order valence-electron chi connectivity index (χ3n) is 5.31. The molecule has 0 spiro atoms. The number of likely N-dealkylation sites (N-methyl/N-ethyl adjacent to an activating group) is 1. The smallest absolute Gasteiger partial charge is 0.257 e. The Labute approximate surface area is 174 Å². The maximum atomic E-state index is 13.1. The van der Waals surface area contributed by atoms with Crippen LogP contribution in [0.25, 0.3) is 0 Å². The minimum Gasteiger partial charge on any atom is -0.383 e. The fraction of sp³-hybridized carbons (Fsp3) is 0.500. The highest BCUT2D eigenvalue weighted by atomic mass is 32.1. The van der Waals surface area contributed by atoms with Crippen molar-refractivity contribution in [3.8, 4) is 0 Å². The molecule has 29 heavy (non-hydrogen) atoms. The van der Waals surface area contributed by atoms with Crippen LogP contribution >= 0.6 is 11.3 Å². The number of hydrogen-bond donors (Lipinski definition) is 0. The van der Waals surface area contributed by atoms with Gasteiger partial charge in [-0.3, -0.25) is 14.5 Å². The molecule has 4 heterocycles. The molecule has 0 radical (unpaired) electrons. The molecule has 9 heteroatoms. The van der Waals surface area contributed by atoms with E-state index in [1.54, 1.807) is 30.4 Å². The molecular formula is C20H25N5O3S. The van der Waals surface area contributed by atoms with Gasteiger partial charge >= 0.3 is 0 Å². The maximum absolute atomic E-state index is 13.1. The largest absolute Gasteiger partial charge is 0.383 e. The molecule has 0 saturated heterocycles. The lowest BCUT2D eigenvalue weighted by molar-refractivity contribution is -0.119. The van der Waals surface area contributed by atoms with Crippen molar-refractivity contribution in [2.24, 2.45) is 0 Å².